The third kappa shape index (κ3) is 10.00. The normalized spacial score (nSPS) is 8.87. The summed E-state index contributed by atoms with van der Waals surface area (Å²) in [5.74, 6) is -0.301. The van der Waals surface area contributed by atoms with E-state index < -0.39 is 7.32 Å². The van der Waals surface area contributed by atoms with Gasteiger partial charge < -0.3 is 35.5 Å². The second-order valence-electron chi connectivity index (χ2n) is 5.66. The molecule has 0 aromatic heterocycles. The number of rotatable bonds is 0. The summed E-state index contributed by atoms with van der Waals surface area (Å²) in [6.07, 6.45) is 0. The van der Waals surface area contributed by atoms with Crippen LogP contribution in [0.5, 0.6) is 23.0 Å². The Hall–Kier alpha value is -1.66. The molecule has 0 atom stereocenters. The molecule has 4 rings (SSSR count). The van der Waals surface area contributed by atoms with Crippen LogP contribution in [-0.2, 0) is 0 Å². The SMILES string of the molecule is Oc1cc2ccccc2cc1O.Oc1cc2ccccc2cc1O.[Li+].[Li+].[Li+].[O-]B([O-])[O-]. The summed E-state index contributed by atoms with van der Waals surface area (Å²) in [6, 6.07) is 21.3. The van der Waals surface area contributed by atoms with Crippen molar-refractivity contribution in [1.82, 2.24) is 0 Å². The molecule has 31 heavy (non-hydrogen) atoms. The van der Waals surface area contributed by atoms with Gasteiger partial charge in [0.1, 0.15) is 0 Å². The van der Waals surface area contributed by atoms with Gasteiger partial charge in [0.05, 0.1) is 0 Å². The van der Waals surface area contributed by atoms with Crippen molar-refractivity contribution in [2.24, 2.45) is 0 Å². The molecule has 11 heteroatoms. The minimum absolute atomic E-state index is 0. The number of phenolic OH excluding ortho intramolecular Hbond substituents is 4. The van der Waals surface area contributed by atoms with Crippen molar-refractivity contribution in [2.45, 2.75) is 0 Å². The molecule has 0 spiro atoms. The Morgan fingerprint density at radius 3 is 0.774 bits per heavy atom. The van der Waals surface area contributed by atoms with Crippen molar-refractivity contribution in [2.75, 3.05) is 0 Å². The van der Waals surface area contributed by atoms with Crippen molar-refractivity contribution >= 4 is 28.9 Å². The molecule has 0 aliphatic rings. The molecule has 4 N–H and O–H groups in total. The van der Waals surface area contributed by atoms with Crippen LogP contribution >= 0.6 is 0 Å². The predicted octanol–water partition coefficient (Wildman–Crippen LogP) is -8.43. The third-order valence-electron chi connectivity index (χ3n) is 3.69. The first-order valence-electron chi connectivity index (χ1n) is 8.07. The van der Waals surface area contributed by atoms with Crippen LogP contribution in [0.1, 0.15) is 0 Å². The Morgan fingerprint density at radius 2 is 0.613 bits per heavy atom. The van der Waals surface area contributed by atoms with E-state index in [9.17, 15) is 0 Å². The molecule has 0 saturated heterocycles. The van der Waals surface area contributed by atoms with Gasteiger partial charge in [0.15, 0.2) is 23.0 Å². The number of hydrogen-bond acceptors (Lipinski definition) is 7. The van der Waals surface area contributed by atoms with Crippen LogP contribution < -0.4 is 71.7 Å². The molecule has 0 fully saturated rings. The molecular weight excluding hydrogens is 384 g/mol. The maximum absolute atomic E-state index is 9.17. The second-order valence-corrected chi connectivity index (χ2v) is 5.66. The zero-order chi connectivity index (χ0) is 20.7. The summed E-state index contributed by atoms with van der Waals surface area (Å²) in [6.45, 7) is 0. The van der Waals surface area contributed by atoms with Crippen molar-refractivity contribution in [3.05, 3.63) is 72.8 Å². The fourth-order valence-corrected chi connectivity index (χ4v) is 2.43. The standard InChI is InChI=1S/2C10H8O2.BO3.3Li/c2*11-9-5-7-3-1-2-4-8(7)6-10(9)12;2-1(3)4;;;/h2*1-6,11-12H;;;;/q;;-3;3*+1. The van der Waals surface area contributed by atoms with Gasteiger partial charge in [0, 0.05) is 0 Å². The molecule has 4 aromatic carbocycles. The van der Waals surface area contributed by atoms with E-state index in [1.807, 2.05) is 48.5 Å². The second kappa shape index (κ2) is 15.2. The van der Waals surface area contributed by atoms with Crippen LogP contribution in [-0.4, -0.2) is 27.7 Å². The zero-order valence-electron chi connectivity index (χ0n) is 17.5. The van der Waals surface area contributed by atoms with E-state index in [0.717, 1.165) is 21.5 Å². The largest absolute Gasteiger partial charge is 1.00 e. The Labute approximate surface area is 215 Å². The van der Waals surface area contributed by atoms with E-state index in [-0.39, 0.29) is 79.6 Å². The molecule has 0 unspecified atom stereocenters. The molecular formula is C20H16BLi3O7. The molecule has 7 nitrogen and oxygen atoms in total. The van der Waals surface area contributed by atoms with E-state index in [1.54, 1.807) is 24.3 Å². The Morgan fingerprint density at radius 1 is 0.452 bits per heavy atom. The van der Waals surface area contributed by atoms with Crippen molar-refractivity contribution in [3.8, 4) is 23.0 Å². The van der Waals surface area contributed by atoms with E-state index in [2.05, 4.69) is 0 Å². The fourth-order valence-electron chi connectivity index (χ4n) is 2.43. The summed E-state index contributed by atoms with van der Waals surface area (Å²) in [4.78, 5) is 0. The van der Waals surface area contributed by atoms with Crippen LogP contribution in [0, 0.1) is 0 Å². The molecule has 4 aromatic rings. The number of fused-ring (bicyclic) bond motifs is 2. The van der Waals surface area contributed by atoms with Gasteiger partial charge in [-0.15, -0.1) is 0 Å². The van der Waals surface area contributed by atoms with Crippen molar-refractivity contribution in [1.29, 1.82) is 0 Å². The average Bonchev–Trinajstić information content (AvgIpc) is 2.64. The third-order valence-corrected chi connectivity index (χ3v) is 3.69. The van der Waals surface area contributed by atoms with Gasteiger partial charge in [-0.2, -0.15) is 0 Å². The number of hydrogen-bond donors (Lipinski definition) is 4. The maximum Gasteiger partial charge on any atom is 1.00 e. The van der Waals surface area contributed by atoms with Gasteiger partial charge in [-0.3, -0.25) is 7.32 Å². The number of phenols is 4. The molecule has 144 valence electrons. The quantitative estimate of drug-likeness (QED) is 0.169. The summed E-state index contributed by atoms with van der Waals surface area (Å²) in [7, 11) is -2.92. The molecule has 0 bridgehead atoms. The van der Waals surface area contributed by atoms with Crippen LogP contribution in [0.2, 0.25) is 0 Å². The molecule has 0 radical (unpaired) electrons. The van der Waals surface area contributed by atoms with Crippen LogP contribution in [0.3, 0.4) is 0 Å². The Bertz CT molecular complexity index is 914. The van der Waals surface area contributed by atoms with E-state index in [0.29, 0.717) is 0 Å². The first-order chi connectivity index (χ1) is 13.3. The smallest absolute Gasteiger partial charge is 0.907 e. The van der Waals surface area contributed by atoms with Crippen molar-refractivity contribution in [3.63, 3.8) is 0 Å². The average molecular weight is 400 g/mol. The summed E-state index contributed by atoms with van der Waals surface area (Å²) in [5.41, 5.74) is 0. The van der Waals surface area contributed by atoms with Gasteiger partial charge in [0.25, 0.3) is 0 Å². The van der Waals surface area contributed by atoms with Crippen LogP contribution in [0.15, 0.2) is 72.8 Å². The first-order valence-corrected chi connectivity index (χ1v) is 8.07. The van der Waals surface area contributed by atoms with Crippen LogP contribution in [0.25, 0.3) is 21.5 Å². The zero-order valence-corrected chi connectivity index (χ0v) is 17.5. The topological polar surface area (TPSA) is 150 Å². The Kier molecular flexibility index (Phi) is 15.4. The monoisotopic (exact) mass is 400 g/mol. The fraction of sp³-hybridized carbons (Fsp3) is 0. The minimum atomic E-state index is -2.92. The first kappa shape index (κ1) is 31.5. The molecule has 0 aliphatic heterocycles. The predicted molar refractivity (Wildman–Crippen MR) is 100 cm³/mol. The van der Waals surface area contributed by atoms with E-state index in [1.165, 1.54) is 0 Å². The summed E-state index contributed by atoms with van der Waals surface area (Å²) < 4.78 is 0. The summed E-state index contributed by atoms with van der Waals surface area (Å²) in [5, 5.41) is 65.6. The molecule has 0 saturated carbocycles. The molecule has 0 heterocycles. The molecule has 0 amide bonds. The number of aromatic hydroxyl groups is 4. The van der Waals surface area contributed by atoms with Gasteiger partial charge in [-0.1, -0.05) is 48.5 Å². The summed E-state index contributed by atoms with van der Waals surface area (Å²) >= 11 is 0. The Balaban J connectivity index is 0. The van der Waals surface area contributed by atoms with Crippen molar-refractivity contribution < 1.29 is 92.1 Å². The van der Waals surface area contributed by atoms with Gasteiger partial charge in [-0.05, 0) is 45.8 Å². The number of benzene rings is 4. The molecule has 0 aliphatic carbocycles. The van der Waals surface area contributed by atoms with E-state index in [4.69, 9.17) is 35.5 Å². The minimum Gasteiger partial charge on any atom is -0.907 e. The van der Waals surface area contributed by atoms with Gasteiger partial charge in [0.2, 0.25) is 0 Å². The van der Waals surface area contributed by atoms with Gasteiger partial charge in [-0.25, -0.2) is 0 Å². The van der Waals surface area contributed by atoms with E-state index >= 15 is 0 Å². The van der Waals surface area contributed by atoms with Crippen LogP contribution in [0.4, 0.5) is 0 Å². The van der Waals surface area contributed by atoms with Gasteiger partial charge >= 0.3 is 56.6 Å². The maximum atomic E-state index is 9.17.